The number of fused-ring (bicyclic) bond motifs is 1. The average Bonchev–Trinajstić information content (AvgIpc) is 3.62. The second-order valence-corrected chi connectivity index (χ2v) is 9.70. The van der Waals surface area contributed by atoms with E-state index in [1.54, 1.807) is 26.5 Å². The minimum Gasteiger partial charge on any atom is -0.465 e. The number of anilines is 1. The molecule has 0 bridgehead atoms. The van der Waals surface area contributed by atoms with E-state index in [2.05, 4.69) is 21.2 Å². The van der Waals surface area contributed by atoms with Crippen LogP contribution < -0.4 is 4.90 Å². The fourth-order valence-corrected chi connectivity index (χ4v) is 5.85. The van der Waals surface area contributed by atoms with Gasteiger partial charge in [0.25, 0.3) is 0 Å². The van der Waals surface area contributed by atoms with Crippen molar-refractivity contribution in [1.82, 2.24) is 29.3 Å². The lowest BCUT2D eigenvalue weighted by atomic mass is 9.86. The van der Waals surface area contributed by atoms with Gasteiger partial charge >= 0.3 is 6.09 Å². The lowest BCUT2D eigenvalue weighted by molar-refractivity contribution is 0.0921. The SMILES string of the molecule is Cn1cc(-c2cc(-c3ccc(N4CCCC5(CCCN5C(=O)O)C4)nc3)c3c(C#N)cnn3c2)cn1. The summed E-state index contributed by atoms with van der Waals surface area (Å²) in [5.74, 6) is 0.837. The molecular formula is C26H26N8O2. The largest absolute Gasteiger partial charge is 0.465 e. The van der Waals surface area contributed by atoms with Crippen LogP contribution in [0.3, 0.4) is 0 Å². The van der Waals surface area contributed by atoms with E-state index in [0.29, 0.717) is 18.7 Å². The second-order valence-electron chi connectivity index (χ2n) is 9.70. The van der Waals surface area contributed by atoms with Crippen LogP contribution in [0.5, 0.6) is 0 Å². The molecule has 0 aromatic carbocycles. The van der Waals surface area contributed by atoms with Crippen molar-refractivity contribution in [3.8, 4) is 28.3 Å². The van der Waals surface area contributed by atoms with Crippen molar-refractivity contribution in [3.63, 3.8) is 0 Å². The van der Waals surface area contributed by atoms with E-state index in [1.807, 2.05) is 43.8 Å². The van der Waals surface area contributed by atoms with Crippen molar-refractivity contribution >= 4 is 17.4 Å². The Bertz CT molecular complexity index is 1500. The zero-order valence-corrected chi connectivity index (χ0v) is 20.0. The number of carbonyl (C=O) groups is 1. The van der Waals surface area contributed by atoms with Crippen LogP contribution in [-0.4, -0.2) is 65.7 Å². The Balaban J connectivity index is 1.36. The van der Waals surface area contributed by atoms with Crippen LogP contribution in [0.15, 0.2) is 49.2 Å². The number of nitrogens with zero attached hydrogens (tertiary/aromatic N) is 8. The number of carboxylic acid groups (broad SMARTS) is 1. The normalized spacial score (nSPS) is 19.8. The first-order valence-electron chi connectivity index (χ1n) is 12.1. The monoisotopic (exact) mass is 482 g/mol. The van der Waals surface area contributed by atoms with Crippen LogP contribution in [0.1, 0.15) is 31.2 Å². The summed E-state index contributed by atoms with van der Waals surface area (Å²) in [7, 11) is 1.87. The number of amides is 1. The number of nitriles is 1. The molecule has 0 radical (unpaired) electrons. The molecule has 4 aromatic rings. The van der Waals surface area contributed by atoms with Crippen LogP contribution in [0.2, 0.25) is 0 Å². The van der Waals surface area contributed by atoms with E-state index in [0.717, 1.165) is 65.8 Å². The summed E-state index contributed by atoms with van der Waals surface area (Å²) in [6.07, 6.45) is 11.9. The average molecular weight is 483 g/mol. The van der Waals surface area contributed by atoms with Gasteiger partial charge in [0.1, 0.15) is 11.9 Å². The number of aryl methyl sites for hydroxylation is 1. The molecule has 2 aliphatic heterocycles. The topological polar surface area (TPSA) is 116 Å². The van der Waals surface area contributed by atoms with Crippen molar-refractivity contribution < 1.29 is 9.90 Å². The van der Waals surface area contributed by atoms with Crippen molar-refractivity contribution in [1.29, 1.82) is 5.26 Å². The van der Waals surface area contributed by atoms with Gasteiger partial charge in [0.15, 0.2) is 0 Å². The highest BCUT2D eigenvalue weighted by atomic mass is 16.4. The molecule has 1 atom stereocenters. The molecule has 2 aliphatic rings. The summed E-state index contributed by atoms with van der Waals surface area (Å²) >= 11 is 0. The molecule has 182 valence electrons. The maximum absolute atomic E-state index is 11.8. The van der Waals surface area contributed by atoms with Crippen molar-refractivity contribution in [2.45, 2.75) is 31.2 Å². The minimum absolute atomic E-state index is 0.325. The molecule has 10 heteroatoms. The molecule has 6 heterocycles. The van der Waals surface area contributed by atoms with Gasteiger partial charge in [-0.2, -0.15) is 15.5 Å². The van der Waals surface area contributed by atoms with Gasteiger partial charge in [-0.3, -0.25) is 4.68 Å². The number of likely N-dealkylation sites (tertiary alicyclic amines) is 1. The number of rotatable bonds is 3. The maximum Gasteiger partial charge on any atom is 0.407 e. The lowest BCUT2D eigenvalue weighted by Crippen LogP contribution is -2.57. The fraction of sp³-hybridized carbons (Fsp3) is 0.346. The molecular weight excluding hydrogens is 456 g/mol. The minimum atomic E-state index is -0.829. The second kappa shape index (κ2) is 8.37. The molecule has 1 unspecified atom stereocenters. The molecule has 4 aromatic heterocycles. The van der Waals surface area contributed by atoms with Crippen molar-refractivity contribution in [2.75, 3.05) is 24.5 Å². The van der Waals surface area contributed by atoms with E-state index in [9.17, 15) is 15.2 Å². The Morgan fingerprint density at radius 1 is 1.06 bits per heavy atom. The van der Waals surface area contributed by atoms with Gasteiger partial charge in [-0.15, -0.1) is 0 Å². The Labute approximate surface area is 208 Å². The van der Waals surface area contributed by atoms with Crippen LogP contribution in [0, 0.1) is 11.3 Å². The van der Waals surface area contributed by atoms with Gasteiger partial charge in [0.2, 0.25) is 0 Å². The van der Waals surface area contributed by atoms with Gasteiger partial charge in [0, 0.05) is 67.5 Å². The van der Waals surface area contributed by atoms with Gasteiger partial charge in [-0.1, -0.05) is 0 Å². The molecule has 1 N–H and O–H groups in total. The number of pyridine rings is 2. The molecule has 36 heavy (non-hydrogen) atoms. The first kappa shape index (κ1) is 22.1. The number of hydrogen-bond acceptors (Lipinski definition) is 6. The van der Waals surface area contributed by atoms with Crippen molar-refractivity contribution in [2.24, 2.45) is 7.05 Å². The molecule has 1 amide bonds. The Morgan fingerprint density at radius 3 is 2.58 bits per heavy atom. The number of piperidine rings is 1. The maximum atomic E-state index is 11.8. The van der Waals surface area contributed by atoms with Crippen LogP contribution in [-0.2, 0) is 7.05 Å². The lowest BCUT2D eigenvalue weighted by Gasteiger charge is -2.45. The molecule has 0 aliphatic carbocycles. The predicted molar refractivity (Wildman–Crippen MR) is 133 cm³/mol. The molecule has 2 fully saturated rings. The van der Waals surface area contributed by atoms with Gasteiger partial charge < -0.3 is 14.9 Å². The smallest absolute Gasteiger partial charge is 0.407 e. The molecule has 1 spiro atoms. The quantitative estimate of drug-likeness (QED) is 0.472. The Hall–Kier alpha value is -4.39. The first-order chi connectivity index (χ1) is 17.5. The third kappa shape index (κ3) is 3.55. The third-order valence-corrected chi connectivity index (χ3v) is 7.54. The Morgan fingerprint density at radius 2 is 1.89 bits per heavy atom. The predicted octanol–water partition coefficient (Wildman–Crippen LogP) is 3.78. The first-order valence-corrected chi connectivity index (χ1v) is 12.1. The van der Waals surface area contributed by atoms with Crippen LogP contribution in [0.4, 0.5) is 10.6 Å². The molecule has 2 saturated heterocycles. The van der Waals surface area contributed by atoms with E-state index >= 15 is 0 Å². The summed E-state index contributed by atoms with van der Waals surface area (Å²) in [4.78, 5) is 20.5. The van der Waals surface area contributed by atoms with Gasteiger partial charge in [-0.25, -0.2) is 14.3 Å². The van der Waals surface area contributed by atoms with Crippen molar-refractivity contribution in [3.05, 3.63) is 54.7 Å². The molecule has 6 rings (SSSR count). The number of hydrogen-bond donors (Lipinski definition) is 1. The summed E-state index contributed by atoms with van der Waals surface area (Å²) in [5, 5.41) is 28.1. The zero-order valence-electron chi connectivity index (χ0n) is 20.0. The van der Waals surface area contributed by atoms with Gasteiger partial charge in [0.05, 0.1) is 29.0 Å². The zero-order chi connectivity index (χ0) is 24.9. The van der Waals surface area contributed by atoms with E-state index < -0.39 is 6.09 Å². The standard InChI is InChI=1S/C26H26N8O2/c1-31-15-21(14-29-31)19-10-22(24-20(11-27)13-30-34(24)16-19)18-4-5-23(28-12-18)32-8-2-6-26(17-32)7-3-9-33(26)25(35)36/h4-5,10,12-16H,2-3,6-9,17H2,1H3,(H,35,36). The molecule has 0 saturated carbocycles. The van der Waals surface area contributed by atoms with E-state index in [1.165, 1.54) is 0 Å². The van der Waals surface area contributed by atoms with E-state index in [4.69, 9.17) is 4.98 Å². The summed E-state index contributed by atoms with van der Waals surface area (Å²) < 4.78 is 3.49. The molecule has 10 nitrogen and oxygen atoms in total. The third-order valence-electron chi connectivity index (χ3n) is 7.54. The highest BCUT2D eigenvalue weighted by Crippen LogP contribution is 2.39. The van der Waals surface area contributed by atoms with E-state index in [-0.39, 0.29) is 5.54 Å². The van der Waals surface area contributed by atoms with Gasteiger partial charge in [-0.05, 0) is 43.9 Å². The summed E-state index contributed by atoms with van der Waals surface area (Å²) in [6.45, 7) is 2.11. The van der Waals surface area contributed by atoms with Crippen LogP contribution in [0.25, 0.3) is 27.8 Å². The van der Waals surface area contributed by atoms with Crippen LogP contribution >= 0.6 is 0 Å². The summed E-state index contributed by atoms with van der Waals surface area (Å²) in [6, 6.07) is 8.30. The summed E-state index contributed by atoms with van der Waals surface area (Å²) in [5.41, 5.74) is 4.55. The fourth-order valence-electron chi connectivity index (χ4n) is 5.85. The highest BCUT2D eigenvalue weighted by molar-refractivity contribution is 5.87. The highest BCUT2D eigenvalue weighted by Gasteiger charge is 2.46. The number of aromatic nitrogens is 5. The Kier molecular flexibility index (Phi) is 5.14.